The number of ether oxygens (including phenoxy) is 1. The summed E-state index contributed by atoms with van der Waals surface area (Å²) in [6.07, 6.45) is -0.897. The van der Waals surface area contributed by atoms with Crippen molar-refractivity contribution in [3.63, 3.8) is 0 Å². The lowest BCUT2D eigenvalue weighted by atomic mass is 10.1. The summed E-state index contributed by atoms with van der Waals surface area (Å²) in [5, 5.41) is 18.9. The Morgan fingerprint density at radius 1 is 1.53 bits per heavy atom. The molecule has 1 unspecified atom stereocenters. The highest BCUT2D eigenvalue weighted by molar-refractivity contribution is 5.16. The van der Waals surface area contributed by atoms with Gasteiger partial charge in [-0.05, 0) is 6.42 Å². The molecule has 0 aromatic carbocycles. The molecule has 1 aliphatic heterocycles. The first-order chi connectivity index (χ1) is 8.99. The normalized spacial score (nSPS) is 26.9. The van der Waals surface area contributed by atoms with Gasteiger partial charge in [0.15, 0.2) is 6.23 Å². The Balaban J connectivity index is 2.46. The molecule has 0 bridgehead atoms. The fourth-order valence-corrected chi connectivity index (χ4v) is 2.05. The van der Waals surface area contributed by atoms with Gasteiger partial charge < -0.3 is 14.9 Å². The van der Waals surface area contributed by atoms with E-state index in [9.17, 15) is 14.7 Å². The fourth-order valence-electron chi connectivity index (χ4n) is 2.05. The second-order valence-electron chi connectivity index (χ2n) is 4.40. The minimum atomic E-state index is -1.04. The Bertz CT molecular complexity index is 603. The zero-order valence-corrected chi connectivity index (χ0v) is 10.5. The maximum atomic E-state index is 11.8. The SMILES string of the molecule is C=C1C(n2cc(CC)c(=O)[nH]c2=O)O[C@H](CO)[C@@H]1O. The first-order valence-electron chi connectivity index (χ1n) is 5.97. The molecule has 0 aliphatic carbocycles. The molecular formula is C12H16N2O5. The number of H-pyrrole nitrogens is 1. The molecule has 0 saturated carbocycles. The predicted molar refractivity (Wildman–Crippen MR) is 66.8 cm³/mol. The molecule has 3 atom stereocenters. The summed E-state index contributed by atoms with van der Waals surface area (Å²) in [4.78, 5) is 25.5. The van der Waals surface area contributed by atoms with E-state index in [-0.39, 0.29) is 12.2 Å². The molecule has 3 N–H and O–H groups in total. The average Bonchev–Trinajstić information content (AvgIpc) is 2.67. The molecule has 1 aromatic heterocycles. The fraction of sp³-hybridized carbons (Fsp3) is 0.500. The molecular weight excluding hydrogens is 252 g/mol. The highest BCUT2D eigenvalue weighted by Gasteiger charge is 2.38. The van der Waals surface area contributed by atoms with E-state index in [1.807, 2.05) is 0 Å². The van der Waals surface area contributed by atoms with Crippen LogP contribution in [0.2, 0.25) is 0 Å². The first-order valence-corrected chi connectivity index (χ1v) is 5.97. The predicted octanol–water partition coefficient (Wildman–Crippen LogP) is -1.09. The van der Waals surface area contributed by atoms with Crippen molar-refractivity contribution < 1.29 is 14.9 Å². The maximum absolute atomic E-state index is 11.8. The molecule has 1 aliphatic rings. The number of nitrogens with one attached hydrogen (secondary N) is 1. The number of aliphatic hydroxyl groups excluding tert-OH is 2. The van der Waals surface area contributed by atoms with E-state index in [1.54, 1.807) is 6.92 Å². The summed E-state index contributed by atoms with van der Waals surface area (Å²) in [6, 6.07) is 0. The molecule has 1 aromatic rings. The molecule has 7 nitrogen and oxygen atoms in total. The summed E-state index contributed by atoms with van der Waals surface area (Å²) in [7, 11) is 0. The Morgan fingerprint density at radius 3 is 2.74 bits per heavy atom. The van der Waals surface area contributed by atoms with Crippen LogP contribution in [0.1, 0.15) is 18.7 Å². The van der Waals surface area contributed by atoms with Gasteiger partial charge in [-0.3, -0.25) is 14.3 Å². The van der Waals surface area contributed by atoms with E-state index < -0.39 is 29.7 Å². The smallest absolute Gasteiger partial charge is 0.330 e. The van der Waals surface area contributed by atoms with Crippen molar-refractivity contribution in [2.45, 2.75) is 31.8 Å². The van der Waals surface area contributed by atoms with Gasteiger partial charge in [-0.2, -0.15) is 0 Å². The second-order valence-corrected chi connectivity index (χ2v) is 4.40. The highest BCUT2D eigenvalue weighted by Crippen LogP contribution is 2.31. The van der Waals surface area contributed by atoms with Gasteiger partial charge in [0.05, 0.1) is 6.61 Å². The first kappa shape index (κ1) is 13.7. The molecule has 2 heterocycles. The molecule has 1 saturated heterocycles. The summed E-state index contributed by atoms with van der Waals surface area (Å²) in [6.45, 7) is 5.08. The Hall–Kier alpha value is -1.70. The van der Waals surface area contributed by atoms with Gasteiger partial charge in [-0.25, -0.2) is 4.79 Å². The van der Waals surface area contributed by atoms with Gasteiger partial charge in [0.1, 0.15) is 12.2 Å². The van der Waals surface area contributed by atoms with Gasteiger partial charge in [0, 0.05) is 17.3 Å². The number of nitrogens with zero attached hydrogens (tertiary/aromatic N) is 1. The zero-order chi connectivity index (χ0) is 14.2. The Kier molecular flexibility index (Phi) is 3.70. The zero-order valence-electron chi connectivity index (χ0n) is 10.5. The Labute approximate surface area is 108 Å². The largest absolute Gasteiger partial charge is 0.394 e. The van der Waals surface area contributed by atoms with Crippen LogP contribution in [0.3, 0.4) is 0 Å². The van der Waals surface area contributed by atoms with Gasteiger partial charge >= 0.3 is 5.69 Å². The van der Waals surface area contributed by atoms with Crippen LogP contribution in [0.4, 0.5) is 0 Å². The van der Waals surface area contributed by atoms with E-state index in [4.69, 9.17) is 9.84 Å². The lowest BCUT2D eigenvalue weighted by molar-refractivity contribution is -0.0448. The molecule has 7 heteroatoms. The van der Waals surface area contributed by atoms with Crippen molar-refractivity contribution >= 4 is 0 Å². The van der Waals surface area contributed by atoms with Gasteiger partial charge in [-0.15, -0.1) is 0 Å². The van der Waals surface area contributed by atoms with Crippen LogP contribution >= 0.6 is 0 Å². The van der Waals surface area contributed by atoms with Gasteiger partial charge in [0.2, 0.25) is 0 Å². The van der Waals surface area contributed by atoms with Crippen LogP contribution in [0.25, 0.3) is 0 Å². The summed E-state index contributed by atoms with van der Waals surface area (Å²) in [5.74, 6) is 0. The number of hydrogen-bond donors (Lipinski definition) is 3. The third-order valence-electron chi connectivity index (χ3n) is 3.21. The van der Waals surface area contributed by atoms with Crippen LogP contribution in [0.5, 0.6) is 0 Å². The molecule has 0 amide bonds. The third kappa shape index (κ3) is 2.27. The van der Waals surface area contributed by atoms with Gasteiger partial charge in [-0.1, -0.05) is 13.5 Å². The van der Waals surface area contributed by atoms with Crippen LogP contribution in [-0.2, 0) is 11.2 Å². The number of hydrogen-bond acceptors (Lipinski definition) is 5. The average molecular weight is 268 g/mol. The quantitative estimate of drug-likeness (QED) is 0.604. The van der Waals surface area contributed by atoms with E-state index in [0.29, 0.717) is 12.0 Å². The molecule has 104 valence electrons. The maximum Gasteiger partial charge on any atom is 0.330 e. The topological polar surface area (TPSA) is 105 Å². The van der Waals surface area contributed by atoms with Gasteiger partial charge in [0.25, 0.3) is 5.56 Å². The minimum absolute atomic E-state index is 0.273. The molecule has 2 rings (SSSR count). The number of rotatable bonds is 3. The second kappa shape index (κ2) is 5.12. The molecule has 0 radical (unpaired) electrons. The minimum Gasteiger partial charge on any atom is -0.394 e. The lowest BCUT2D eigenvalue weighted by Crippen LogP contribution is -2.34. The van der Waals surface area contributed by atoms with Crippen molar-refractivity contribution in [2.75, 3.05) is 6.61 Å². The van der Waals surface area contributed by atoms with Crippen molar-refractivity contribution in [3.05, 3.63) is 44.8 Å². The van der Waals surface area contributed by atoms with Crippen LogP contribution in [0.15, 0.2) is 27.9 Å². The van der Waals surface area contributed by atoms with E-state index in [1.165, 1.54) is 10.8 Å². The van der Waals surface area contributed by atoms with Crippen LogP contribution < -0.4 is 11.2 Å². The van der Waals surface area contributed by atoms with Crippen LogP contribution in [-0.4, -0.2) is 38.6 Å². The highest BCUT2D eigenvalue weighted by atomic mass is 16.5. The third-order valence-corrected chi connectivity index (χ3v) is 3.21. The Morgan fingerprint density at radius 2 is 2.21 bits per heavy atom. The van der Waals surface area contributed by atoms with E-state index >= 15 is 0 Å². The number of aryl methyl sites for hydroxylation is 1. The summed E-state index contributed by atoms with van der Waals surface area (Å²) in [5.41, 5.74) is -0.376. The van der Waals surface area contributed by atoms with E-state index in [0.717, 1.165) is 0 Å². The summed E-state index contributed by atoms with van der Waals surface area (Å²) < 4.78 is 6.55. The summed E-state index contributed by atoms with van der Waals surface area (Å²) >= 11 is 0. The standard InChI is InChI=1S/C12H16N2O5/c1-3-7-4-14(12(18)13-10(7)17)11-6(2)9(16)8(5-15)19-11/h4,8-9,11,15-16H,2-3,5H2,1H3,(H,13,17,18)/t8-,9-,11?/m1/s1. The van der Waals surface area contributed by atoms with Crippen LogP contribution in [0, 0.1) is 0 Å². The van der Waals surface area contributed by atoms with Crippen molar-refractivity contribution in [2.24, 2.45) is 0 Å². The number of aromatic nitrogens is 2. The molecule has 1 fully saturated rings. The molecule has 19 heavy (non-hydrogen) atoms. The lowest BCUT2D eigenvalue weighted by Gasteiger charge is -2.15. The van der Waals surface area contributed by atoms with Crippen molar-refractivity contribution in [3.8, 4) is 0 Å². The number of aromatic amines is 1. The van der Waals surface area contributed by atoms with E-state index in [2.05, 4.69) is 11.6 Å². The van der Waals surface area contributed by atoms with Crippen molar-refractivity contribution in [1.29, 1.82) is 0 Å². The monoisotopic (exact) mass is 268 g/mol. The molecule has 0 spiro atoms. The number of aliphatic hydroxyl groups is 2. The van der Waals surface area contributed by atoms with Crippen molar-refractivity contribution in [1.82, 2.24) is 9.55 Å².